The lowest BCUT2D eigenvalue weighted by Gasteiger charge is -2.26. The van der Waals surface area contributed by atoms with Gasteiger partial charge in [-0.2, -0.15) is 0 Å². The quantitative estimate of drug-likeness (QED) is 0.619. The number of carbonyl (C=O) groups is 1. The van der Waals surface area contributed by atoms with Gasteiger partial charge in [0.15, 0.2) is 0 Å². The molecule has 1 fully saturated rings. The van der Waals surface area contributed by atoms with Crippen LogP contribution in [0.4, 0.5) is 4.79 Å². The molecule has 6 heteroatoms. The summed E-state index contributed by atoms with van der Waals surface area (Å²) in [5.74, 6) is 0. The fourth-order valence-corrected chi connectivity index (χ4v) is 1.74. The van der Waals surface area contributed by atoms with Crippen LogP contribution in [0.25, 0.3) is 0 Å². The standard InChI is InChI=1S/C10H20N2O4/c1-8(13)7-12(10(14)15)11-16-9-5-3-2-4-6-9/h8-9,11,13H,2-7H2,1H3,(H,14,15). The Labute approximate surface area is 95.1 Å². The van der Waals surface area contributed by atoms with Crippen molar-refractivity contribution in [1.82, 2.24) is 10.6 Å². The Bertz CT molecular complexity index is 217. The minimum absolute atomic E-state index is 0.0119. The molecule has 0 radical (unpaired) electrons. The first-order valence-corrected chi connectivity index (χ1v) is 5.69. The number of amides is 1. The number of aliphatic hydroxyl groups is 1. The van der Waals surface area contributed by atoms with Crippen molar-refractivity contribution in [3.05, 3.63) is 0 Å². The van der Waals surface area contributed by atoms with Crippen molar-refractivity contribution in [1.29, 1.82) is 0 Å². The molecule has 1 rings (SSSR count). The zero-order valence-corrected chi connectivity index (χ0v) is 9.56. The maximum Gasteiger partial charge on any atom is 0.423 e. The van der Waals surface area contributed by atoms with Crippen LogP contribution in [0.15, 0.2) is 0 Å². The first-order chi connectivity index (χ1) is 7.59. The normalized spacial score (nSPS) is 19.4. The second-order valence-electron chi connectivity index (χ2n) is 4.21. The van der Waals surface area contributed by atoms with E-state index in [4.69, 9.17) is 15.1 Å². The Balaban J connectivity index is 2.28. The summed E-state index contributed by atoms with van der Waals surface area (Å²) in [5.41, 5.74) is 2.39. The van der Waals surface area contributed by atoms with Gasteiger partial charge in [-0.3, -0.25) is 4.84 Å². The summed E-state index contributed by atoms with van der Waals surface area (Å²) in [4.78, 5) is 16.1. The fraction of sp³-hybridized carbons (Fsp3) is 0.900. The molecule has 0 bridgehead atoms. The van der Waals surface area contributed by atoms with Crippen LogP contribution in [0.5, 0.6) is 0 Å². The van der Waals surface area contributed by atoms with Gasteiger partial charge in [0.05, 0.1) is 18.8 Å². The van der Waals surface area contributed by atoms with Gasteiger partial charge in [0.2, 0.25) is 0 Å². The Hall–Kier alpha value is -0.850. The monoisotopic (exact) mass is 232 g/mol. The Morgan fingerprint density at radius 2 is 2.12 bits per heavy atom. The van der Waals surface area contributed by atoms with Crippen LogP contribution in [0.3, 0.4) is 0 Å². The molecule has 0 aromatic rings. The summed E-state index contributed by atoms with van der Waals surface area (Å²) < 4.78 is 0. The van der Waals surface area contributed by atoms with Crippen molar-refractivity contribution in [3.63, 3.8) is 0 Å². The van der Waals surface area contributed by atoms with Gasteiger partial charge in [-0.1, -0.05) is 19.3 Å². The van der Waals surface area contributed by atoms with Gasteiger partial charge in [0.25, 0.3) is 0 Å². The Morgan fingerprint density at radius 3 is 2.62 bits per heavy atom. The molecule has 1 amide bonds. The van der Waals surface area contributed by atoms with Gasteiger partial charge in [0.1, 0.15) is 0 Å². The van der Waals surface area contributed by atoms with Gasteiger partial charge in [-0.15, -0.1) is 5.59 Å². The Morgan fingerprint density at radius 1 is 1.50 bits per heavy atom. The third-order valence-electron chi connectivity index (χ3n) is 2.56. The highest BCUT2D eigenvalue weighted by Crippen LogP contribution is 2.19. The summed E-state index contributed by atoms with van der Waals surface area (Å²) in [6.45, 7) is 1.51. The lowest BCUT2D eigenvalue weighted by molar-refractivity contribution is -0.126. The number of carboxylic acid groups (broad SMARTS) is 1. The van der Waals surface area contributed by atoms with E-state index in [2.05, 4.69) is 5.59 Å². The molecular weight excluding hydrogens is 212 g/mol. The average molecular weight is 232 g/mol. The molecule has 0 saturated heterocycles. The van der Waals surface area contributed by atoms with E-state index in [1.54, 1.807) is 0 Å². The molecule has 16 heavy (non-hydrogen) atoms. The summed E-state index contributed by atoms with van der Waals surface area (Å²) in [7, 11) is 0. The van der Waals surface area contributed by atoms with Crippen LogP contribution < -0.4 is 5.59 Å². The predicted molar refractivity (Wildman–Crippen MR) is 57.5 cm³/mol. The lowest BCUT2D eigenvalue weighted by Crippen LogP contribution is -2.47. The van der Waals surface area contributed by atoms with Crippen LogP contribution in [-0.2, 0) is 4.84 Å². The van der Waals surface area contributed by atoms with Crippen molar-refractivity contribution in [2.75, 3.05) is 6.54 Å². The van der Waals surface area contributed by atoms with Gasteiger partial charge in [0, 0.05) is 0 Å². The van der Waals surface area contributed by atoms with Gasteiger partial charge < -0.3 is 10.2 Å². The molecule has 0 aliphatic heterocycles. The summed E-state index contributed by atoms with van der Waals surface area (Å²) >= 11 is 0. The van der Waals surface area contributed by atoms with E-state index < -0.39 is 12.2 Å². The molecule has 1 atom stereocenters. The van der Waals surface area contributed by atoms with Gasteiger partial charge in [-0.25, -0.2) is 9.80 Å². The van der Waals surface area contributed by atoms with E-state index in [0.29, 0.717) is 0 Å². The molecule has 6 nitrogen and oxygen atoms in total. The van der Waals surface area contributed by atoms with Crippen molar-refractivity contribution in [2.45, 2.75) is 51.2 Å². The molecule has 1 saturated carbocycles. The molecule has 1 aliphatic rings. The van der Waals surface area contributed by atoms with Crippen LogP contribution in [0, 0.1) is 0 Å². The van der Waals surface area contributed by atoms with Crippen molar-refractivity contribution in [2.24, 2.45) is 0 Å². The number of nitrogens with zero attached hydrogens (tertiary/aromatic N) is 1. The molecule has 0 aromatic carbocycles. The molecule has 0 spiro atoms. The molecule has 0 aromatic heterocycles. The topological polar surface area (TPSA) is 82.0 Å². The highest BCUT2D eigenvalue weighted by molar-refractivity contribution is 5.64. The second-order valence-corrected chi connectivity index (χ2v) is 4.21. The minimum atomic E-state index is -1.16. The Kier molecular flexibility index (Phi) is 5.51. The molecule has 0 heterocycles. The van der Waals surface area contributed by atoms with Crippen molar-refractivity contribution >= 4 is 6.09 Å². The molecule has 1 unspecified atom stereocenters. The first-order valence-electron chi connectivity index (χ1n) is 5.69. The summed E-state index contributed by atoms with van der Waals surface area (Å²) in [6.07, 6.45) is 3.56. The van der Waals surface area contributed by atoms with E-state index in [1.807, 2.05) is 0 Å². The van der Waals surface area contributed by atoms with Crippen LogP contribution >= 0.6 is 0 Å². The highest BCUT2D eigenvalue weighted by atomic mass is 16.7. The average Bonchev–Trinajstić information content (AvgIpc) is 2.25. The third-order valence-corrected chi connectivity index (χ3v) is 2.56. The fourth-order valence-electron chi connectivity index (χ4n) is 1.74. The number of aliphatic hydroxyl groups excluding tert-OH is 1. The zero-order chi connectivity index (χ0) is 12.0. The van der Waals surface area contributed by atoms with E-state index in [1.165, 1.54) is 13.3 Å². The molecular formula is C10H20N2O4. The number of hydrogen-bond donors (Lipinski definition) is 3. The third kappa shape index (κ3) is 4.78. The number of hydrogen-bond acceptors (Lipinski definition) is 4. The van der Waals surface area contributed by atoms with Crippen LogP contribution in [0.2, 0.25) is 0 Å². The number of hydrazine groups is 1. The van der Waals surface area contributed by atoms with E-state index in [-0.39, 0.29) is 12.6 Å². The number of rotatable bonds is 5. The largest absolute Gasteiger partial charge is 0.464 e. The van der Waals surface area contributed by atoms with Crippen LogP contribution in [-0.4, -0.2) is 40.1 Å². The molecule has 3 N–H and O–H groups in total. The maximum absolute atomic E-state index is 10.8. The van der Waals surface area contributed by atoms with Crippen LogP contribution in [0.1, 0.15) is 39.0 Å². The zero-order valence-electron chi connectivity index (χ0n) is 9.56. The lowest BCUT2D eigenvalue weighted by atomic mass is 9.98. The van der Waals surface area contributed by atoms with Gasteiger partial charge >= 0.3 is 6.09 Å². The molecule has 94 valence electrons. The maximum atomic E-state index is 10.8. The van der Waals surface area contributed by atoms with E-state index in [0.717, 1.165) is 30.7 Å². The predicted octanol–water partition coefficient (Wildman–Crippen LogP) is 1.12. The van der Waals surface area contributed by atoms with E-state index >= 15 is 0 Å². The summed E-state index contributed by atoms with van der Waals surface area (Å²) in [6, 6.07) is 0. The van der Waals surface area contributed by atoms with Gasteiger partial charge in [-0.05, 0) is 19.8 Å². The first kappa shape index (κ1) is 13.2. The van der Waals surface area contributed by atoms with Crippen molar-refractivity contribution < 1.29 is 19.8 Å². The smallest absolute Gasteiger partial charge is 0.423 e. The minimum Gasteiger partial charge on any atom is -0.464 e. The highest BCUT2D eigenvalue weighted by Gasteiger charge is 2.18. The second kappa shape index (κ2) is 6.67. The SMILES string of the molecule is CC(O)CN(NOC1CCCCC1)C(=O)O. The number of nitrogens with one attached hydrogen (secondary N) is 1. The van der Waals surface area contributed by atoms with E-state index in [9.17, 15) is 4.79 Å². The van der Waals surface area contributed by atoms with Crippen molar-refractivity contribution in [3.8, 4) is 0 Å². The summed E-state index contributed by atoms with van der Waals surface area (Å²) in [5, 5.41) is 18.8. The molecule has 1 aliphatic carbocycles.